The summed E-state index contributed by atoms with van der Waals surface area (Å²) in [5, 5.41) is 9.80. The Hall–Kier alpha value is -3.86. The van der Waals surface area contributed by atoms with Gasteiger partial charge in [0.25, 0.3) is 0 Å². The highest BCUT2D eigenvalue weighted by Gasteiger charge is 2.28. The molecule has 0 fully saturated rings. The number of phosphoric ester groups is 1. The van der Waals surface area contributed by atoms with Gasteiger partial charge in [-0.25, -0.2) is 4.57 Å². The van der Waals surface area contributed by atoms with E-state index in [2.05, 4.69) is 130 Å². The summed E-state index contributed by atoms with van der Waals surface area (Å²) in [5.74, 6) is -1.54. The Labute approximate surface area is 437 Å². The van der Waals surface area contributed by atoms with Gasteiger partial charge in [-0.2, -0.15) is 0 Å². The summed E-state index contributed by atoms with van der Waals surface area (Å²) in [6.45, 7) is 4.29. The molecule has 11 nitrogen and oxygen atoms in total. The number of hydrogen-bond donors (Lipinski definition) is 2. The molecule has 3 atom stereocenters. The molecule has 12 heteroatoms. The summed E-state index contributed by atoms with van der Waals surface area (Å²) in [5.41, 5.74) is 0. The van der Waals surface area contributed by atoms with E-state index in [-0.39, 0.29) is 25.9 Å². The van der Waals surface area contributed by atoms with Crippen molar-refractivity contribution in [1.29, 1.82) is 0 Å². The highest BCUT2D eigenvalue weighted by molar-refractivity contribution is 7.47. The van der Waals surface area contributed by atoms with Crippen molar-refractivity contribution in [2.45, 2.75) is 226 Å². The van der Waals surface area contributed by atoms with Crippen LogP contribution < -0.4 is 0 Å². The van der Waals surface area contributed by atoms with Gasteiger partial charge in [0.15, 0.2) is 6.10 Å². The van der Waals surface area contributed by atoms with E-state index in [0.29, 0.717) is 19.3 Å². The van der Waals surface area contributed by atoms with Crippen LogP contribution in [0.15, 0.2) is 109 Å². The molecule has 0 rings (SSSR count). The molecule has 0 aromatic heterocycles. The van der Waals surface area contributed by atoms with Gasteiger partial charge in [0.2, 0.25) is 0 Å². The molecule has 0 aliphatic rings. The largest absolute Gasteiger partial charge is 0.472 e. The lowest BCUT2D eigenvalue weighted by molar-refractivity contribution is -0.161. The fourth-order valence-corrected chi connectivity index (χ4v) is 7.75. The van der Waals surface area contributed by atoms with E-state index in [4.69, 9.17) is 23.3 Å². The van der Waals surface area contributed by atoms with Crippen molar-refractivity contribution < 1.29 is 52.2 Å². The van der Waals surface area contributed by atoms with Gasteiger partial charge in [-0.1, -0.05) is 188 Å². The standard InChI is InChI=1S/C60H99O11P/c1-4-7-10-13-16-19-22-24-26-27-28-29-31-33-36-39-42-45-48-51-60(64)71-57(53-67-58(62)49-46-43-40-37-34-21-18-15-12-9-6-3)55-69-72(65,66)68-54-56(52-61)70-59(63)50-47-44-41-38-35-32-30-25-23-20-17-14-11-8-5-2/h7-8,10-11,15-20,24-26,28-30,33,36,56-57,61H,4-6,9,12-14,21-23,27,31-32,34-35,37-55H2,1-3H3,(H,65,66)/b10-7-,11-8-,18-15-,19-16-,20-17-,26-24-,29-28-,30-25-,36-33-. The first-order chi connectivity index (χ1) is 35.2. The molecule has 0 amide bonds. The molecular formula is C60H99O11P. The zero-order chi connectivity index (χ0) is 52.7. The first-order valence-electron chi connectivity index (χ1n) is 27.8. The Morgan fingerprint density at radius 1 is 0.403 bits per heavy atom. The van der Waals surface area contributed by atoms with E-state index >= 15 is 0 Å². The fourth-order valence-electron chi connectivity index (χ4n) is 6.96. The number of allylic oxidation sites excluding steroid dienone is 18. The topological polar surface area (TPSA) is 155 Å². The van der Waals surface area contributed by atoms with Crippen LogP contribution in [0.4, 0.5) is 0 Å². The number of carbonyl (C=O) groups is 3. The molecule has 0 aliphatic carbocycles. The number of unbranched alkanes of at least 4 members (excludes halogenated alkanes) is 15. The van der Waals surface area contributed by atoms with Crippen LogP contribution in [0, 0.1) is 0 Å². The summed E-state index contributed by atoms with van der Waals surface area (Å²) in [6, 6.07) is 0. The summed E-state index contributed by atoms with van der Waals surface area (Å²) in [4.78, 5) is 48.4. The smallest absolute Gasteiger partial charge is 0.462 e. The number of aliphatic hydroxyl groups is 1. The third-order valence-electron chi connectivity index (χ3n) is 11.2. The molecule has 0 aromatic rings. The number of hydrogen-bond acceptors (Lipinski definition) is 10. The first kappa shape index (κ1) is 68.1. The van der Waals surface area contributed by atoms with E-state index in [1.807, 2.05) is 0 Å². The third-order valence-corrected chi connectivity index (χ3v) is 12.1. The lowest BCUT2D eigenvalue weighted by atomic mass is 10.1. The Balaban J connectivity index is 4.79. The minimum absolute atomic E-state index is 0.120. The predicted molar refractivity (Wildman–Crippen MR) is 297 cm³/mol. The van der Waals surface area contributed by atoms with Crippen LogP contribution >= 0.6 is 7.82 Å². The molecule has 0 aliphatic heterocycles. The van der Waals surface area contributed by atoms with Crippen molar-refractivity contribution in [2.24, 2.45) is 0 Å². The number of esters is 3. The molecule has 0 saturated carbocycles. The fraction of sp³-hybridized carbons (Fsp3) is 0.650. The second kappa shape index (κ2) is 53.4. The summed E-state index contributed by atoms with van der Waals surface area (Å²) >= 11 is 0. The van der Waals surface area contributed by atoms with E-state index < -0.39 is 57.8 Å². The molecule has 0 aromatic carbocycles. The quantitative estimate of drug-likeness (QED) is 0.0197. The minimum Gasteiger partial charge on any atom is -0.462 e. The van der Waals surface area contributed by atoms with Gasteiger partial charge in [-0.15, -0.1) is 0 Å². The van der Waals surface area contributed by atoms with Crippen LogP contribution in [0.25, 0.3) is 0 Å². The van der Waals surface area contributed by atoms with E-state index in [1.165, 1.54) is 12.8 Å². The van der Waals surface area contributed by atoms with Gasteiger partial charge in [0, 0.05) is 19.3 Å². The van der Waals surface area contributed by atoms with E-state index in [1.54, 1.807) is 0 Å². The van der Waals surface area contributed by atoms with Gasteiger partial charge >= 0.3 is 25.7 Å². The SMILES string of the molecule is CC/C=C\C/C=C\C/C=C\C/C=C\C/C=C\CCCCCC(=O)OC(COC(=O)CCCCCCC/C=C\CCCC)COP(=O)(O)OCC(CO)OC(=O)CCCCCCC/C=C\C/C=C\C/C=C\CC. The maximum Gasteiger partial charge on any atom is 0.472 e. The number of ether oxygens (including phenoxy) is 3. The Bertz CT molecular complexity index is 1620. The summed E-state index contributed by atoms with van der Waals surface area (Å²) in [6.07, 6.45) is 63.4. The van der Waals surface area contributed by atoms with Crippen LogP contribution in [0.5, 0.6) is 0 Å². The highest BCUT2D eigenvalue weighted by Crippen LogP contribution is 2.43. The summed E-state index contributed by atoms with van der Waals surface area (Å²) < 4.78 is 39.4. The van der Waals surface area contributed by atoms with Gasteiger partial charge in [-0.3, -0.25) is 23.4 Å². The van der Waals surface area contributed by atoms with E-state index in [9.17, 15) is 28.9 Å². The third kappa shape index (κ3) is 51.1. The average Bonchev–Trinajstić information content (AvgIpc) is 3.37. The van der Waals surface area contributed by atoms with Gasteiger partial charge in [0.1, 0.15) is 12.7 Å². The normalized spacial score (nSPS) is 14.2. The van der Waals surface area contributed by atoms with Crippen LogP contribution in [0.1, 0.15) is 213 Å². The van der Waals surface area contributed by atoms with Crippen molar-refractivity contribution >= 4 is 25.7 Å². The van der Waals surface area contributed by atoms with Crippen molar-refractivity contribution in [3.05, 3.63) is 109 Å². The first-order valence-corrected chi connectivity index (χ1v) is 29.3. The van der Waals surface area contributed by atoms with Crippen LogP contribution in [-0.2, 0) is 42.2 Å². The zero-order valence-electron chi connectivity index (χ0n) is 45.1. The number of phosphoric acid groups is 1. The molecule has 0 spiro atoms. The minimum atomic E-state index is -4.77. The summed E-state index contributed by atoms with van der Waals surface area (Å²) in [7, 11) is -4.77. The number of rotatable bonds is 50. The van der Waals surface area contributed by atoms with E-state index in [0.717, 1.165) is 141 Å². The van der Waals surface area contributed by atoms with Gasteiger partial charge in [0.05, 0.1) is 19.8 Å². The second-order valence-corrected chi connectivity index (χ2v) is 19.4. The van der Waals surface area contributed by atoms with Crippen LogP contribution in [0.2, 0.25) is 0 Å². The van der Waals surface area contributed by atoms with Gasteiger partial charge < -0.3 is 24.2 Å². The van der Waals surface area contributed by atoms with Gasteiger partial charge in [-0.05, 0) is 116 Å². The van der Waals surface area contributed by atoms with Crippen molar-refractivity contribution in [3.8, 4) is 0 Å². The molecular weight excluding hydrogens is 928 g/mol. The Morgan fingerprint density at radius 3 is 1.14 bits per heavy atom. The predicted octanol–water partition coefficient (Wildman–Crippen LogP) is 16.2. The molecule has 3 unspecified atom stereocenters. The second-order valence-electron chi connectivity index (χ2n) is 18.0. The lowest BCUT2D eigenvalue weighted by Crippen LogP contribution is -2.30. The monoisotopic (exact) mass is 1030 g/mol. The molecule has 0 bridgehead atoms. The maximum atomic E-state index is 12.9. The maximum absolute atomic E-state index is 12.9. The van der Waals surface area contributed by atoms with Crippen LogP contribution in [-0.4, -0.2) is 66.5 Å². The molecule has 0 radical (unpaired) electrons. The molecule has 0 heterocycles. The Kier molecular flexibility index (Phi) is 50.6. The number of carbonyl (C=O) groups excluding carboxylic acids is 3. The van der Waals surface area contributed by atoms with Crippen molar-refractivity contribution in [1.82, 2.24) is 0 Å². The molecule has 2 N–H and O–H groups in total. The Morgan fingerprint density at radius 2 is 0.722 bits per heavy atom. The van der Waals surface area contributed by atoms with Crippen molar-refractivity contribution in [2.75, 3.05) is 26.4 Å². The average molecular weight is 1030 g/mol. The zero-order valence-corrected chi connectivity index (χ0v) is 46.0. The number of aliphatic hydroxyl groups excluding tert-OH is 1. The van der Waals surface area contributed by atoms with Crippen molar-refractivity contribution in [3.63, 3.8) is 0 Å². The molecule has 0 saturated heterocycles. The molecule has 72 heavy (non-hydrogen) atoms. The highest BCUT2D eigenvalue weighted by atomic mass is 31.2. The lowest BCUT2D eigenvalue weighted by Gasteiger charge is -2.21. The van der Waals surface area contributed by atoms with Crippen LogP contribution in [0.3, 0.4) is 0 Å². The molecule has 410 valence electrons.